The number of rotatable bonds is 9. The van der Waals surface area contributed by atoms with Crippen LogP contribution in [0.5, 0.6) is 0 Å². The van der Waals surface area contributed by atoms with Gasteiger partial charge in [0.15, 0.2) is 0 Å². The van der Waals surface area contributed by atoms with Gasteiger partial charge in [-0.1, -0.05) is 31.9 Å². The molecular formula is C21H24F3N3O2. The maximum atomic E-state index is 12.7. The topological polar surface area (TPSA) is 70.2 Å². The third-order valence-corrected chi connectivity index (χ3v) is 4.08. The maximum absolute atomic E-state index is 12.7. The average Bonchev–Trinajstić information content (AvgIpc) is 2.66. The van der Waals surface area contributed by atoms with E-state index in [2.05, 4.69) is 22.9 Å². The van der Waals surface area contributed by atoms with Gasteiger partial charge in [-0.3, -0.25) is 9.59 Å². The minimum absolute atomic E-state index is 0.0692. The molecule has 29 heavy (non-hydrogen) atoms. The zero-order chi connectivity index (χ0) is 21.3. The van der Waals surface area contributed by atoms with Crippen molar-refractivity contribution < 1.29 is 22.8 Å². The second kappa shape index (κ2) is 10.5. The Morgan fingerprint density at radius 1 is 0.862 bits per heavy atom. The number of amides is 2. The third kappa shape index (κ3) is 7.85. The Labute approximate surface area is 167 Å². The lowest BCUT2D eigenvalue weighted by Crippen LogP contribution is -2.22. The van der Waals surface area contributed by atoms with E-state index >= 15 is 0 Å². The molecule has 2 aromatic carbocycles. The fourth-order valence-corrected chi connectivity index (χ4v) is 2.63. The van der Waals surface area contributed by atoms with Gasteiger partial charge in [-0.2, -0.15) is 13.2 Å². The molecule has 0 saturated carbocycles. The first kappa shape index (κ1) is 22.3. The highest BCUT2D eigenvalue weighted by molar-refractivity contribution is 5.94. The Morgan fingerprint density at radius 2 is 1.48 bits per heavy atom. The van der Waals surface area contributed by atoms with Crippen molar-refractivity contribution in [1.29, 1.82) is 0 Å². The number of hydrogen-bond donors (Lipinski definition) is 3. The van der Waals surface area contributed by atoms with Crippen LogP contribution in [0.15, 0.2) is 48.5 Å². The van der Waals surface area contributed by atoms with E-state index in [0.29, 0.717) is 17.8 Å². The van der Waals surface area contributed by atoms with Gasteiger partial charge in [-0.25, -0.2) is 0 Å². The van der Waals surface area contributed by atoms with Crippen molar-refractivity contribution in [3.63, 3.8) is 0 Å². The van der Waals surface area contributed by atoms with Crippen LogP contribution in [0, 0.1) is 0 Å². The predicted octanol–water partition coefficient (Wildman–Crippen LogP) is 5.27. The molecular weight excluding hydrogens is 383 g/mol. The molecule has 0 aliphatic rings. The maximum Gasteiger partial charge on any atom is 0.416 e. The first-order valence-corrected chi connectivity index (χ1v) is 9.39. The van der Waals surface area contributed by atoms with Crippen LogP contribution in [-0.4, -0.2) is 18.4 Å². The van der Waals surface area contributed by atoms with Gasteiger partial charge >= 0.3 is 6.18 Å². The van der Waals surface area contributed by atoms with E-state index in [1.54, 1.807) is 24.3 Å². The number of carbonyl (C=O) groups is 2. The molecule has 0 unspecified atom stereocenters. The number of benzene rings is 2. The van der Waals surface area contributed by atoms with E-state index in [-0.39, 0.29) is 18.1 Å². The van der Waals surface area contributed by atoms with E-state index in [9.17, 15) is 22.8 Å². The van der Waals surface area contributed by atoms with Gasteiger partial charge in [0, 0.05) is 23.5 Å². The second-order valence-electron chi connectivity index (χ2n) is 6.57. The monoisotopic (exact) mass is 407 g/mol. The lowest BCUT2D eigenvalue weighted by Gasteiger charge is -2.11. The number of alkyl halides is 3. The number of hydrogen-bond acceptors (Lipinski definition) is 3. The van der Waals surface area contributed by atoms with Crippen LogP contribution in [0.2, 0.25) is 0 Å². The smallest absolute Gasteiger partial charge is 0.376 e. The molecule has 0 aromatic heterocycles. The van der Waals surface area contributed by atoms with E-state index in [0.717, 1.165) is 31.4 Å². The molecule has 0 heterocycles. The fourth-order valence-electron chi connectivity index (χ4n) is 2.63. The first-order valence-electron chi connectivity index (χ1n) is 9.39. The summed E-state index contributed by atoms with van der Waals surface area (Å²) in [4.78, 5) is 23.9. The van der Waals surface area contributed by atoms with Crippen molar-refractivity contribution in [2.24, 2.45) is 0 Å². The molecule has 2 rings (SSSR count). The summed E-state index contributed by atoms with van der Waals surface area (Å²) in [5.41, 5.74) is 0.454. The molecule has 0 saturated heterocycles. The van der Waals surface area contributed by atoms with Crippen molar-refractivity contribution in [3.8, 4) is 0 Å². The molecule has 8 heteroatoms. The molecule has 2 amide bonds. The normalized spacial score (nSPS) is 11.0. The van der Waals surface area contributed by atoms with E-state index in [1.165, 1.54) is 12.1 Å². The number of carbonyl (C=O) groups excluding carboxylic acids is 2. The van der Waals surface area contributed by atoms with Crippen molar-refractivity contribution >= 4 is 28.9 Å². The SMILES string of the molecule is CCCCCC(=O)Nc1cccc(NCC(=O)Nc2cccc(C(F)(F)F)c2)c1. The van der Waals surface area contributed by atoms with Gasteiger partial charge in [0.2, 0.25) is 11.8 Å². The summed E-state index contributed by atoms with van der Waals surface area (Å²) in [5, 5.41) is 8.12. The van der Waals surface area contributed by atoms with Crippen molar-refractivity contribution in [2.75, 3.05) is 22.5 Å². The zero-order valence-corrected chi connectivity index (χ0v) is 16.1. The average molecular weight is 407 g/mol. The highest BCUT2D eigenvalue weighted by atomic mass is 19.4. The van der Waals surface area contributed by atoms with Gasteiger partial charge in [0.1, 0.15) is 0 Å². The van der Waals surface area contributed by atoms with Gasteiger partial charge in [-0.05, 0) is 42.8 Å². The van der Waals surface area contributed by atoms with Crippen LogP contribution < -0.4 is 16.0 Å². The summed E-state index contributed by atoms with van der Waals surface area (Å²) in [7, 11) is 0. The molecule has 2 aromatic rings. The largest absolute Gasteiger partial charge is 0.416 e. The summed E-state index contributed by atoms with van der Waals surface area (Å²) in [6, 6.07) is 11.3. The number of halogens is 3. The van der Waals surface area contributed by atoms with Crippen LogP contribution in [-0.2, 0) is 15.8 Å². The number of anilines is 3. The highest BCUT2D eigenvalue weighted by Crippen LogP contribution is 2.30. The molecule has 0 radical (unpaired) electrons. The molecule has 0 aliphatic carbocycles. The lowest BCUT2D eigenvalue weighted by atomic mass is 10.2. The molecule has 3 N–H and O–H groups in total. The van der Waals surface area contributed by atoms with Crippen molar-refractivity contribution in [1.82, 2.24) is 0 Å². The molecule has 0 aliphatic heterocycles. The number of unbranched alkanes of at least 4 members (excludes halogenated alkanes) is 2. The Balaban J connectivity index is 1.86. The molecule has 0 spiro atoms. The molecule has 0 atom stereocenters. The lowest BCUT2D eigenvalue weighted by molar-refractivity contribution is -0.137. The quantitative estimate of drug-likeness (QED) is 0.496. The highest BCUT2D eigenvalue weighted by Gasteiger charge is 2.30. The van der Waals surface area contributed by atoms with E-state index in [1.807, 2.05) is 0 Å². The number of nitrogens with one attached hydrogen (secondary N) is 3. The zero-order valence-electron chi connectivity index (χ0n) is 16.1. The first-order chi connectivity index (χ1) is 13.8. The van der Waals surface area contributed by atoms with Gasteiger partial charge in [0.25, 0.3) is 0 Å². The summed E-state index contributed by atoms with van der Waals surface area (Å²) in [6.45, 7) is 1.93. The second-order valence-corrected chi connectivity index (χ2v) is 6.57. The minimum atomic E-state index is -4.47. The van der Waals surface area contributed by atoms with E-state index < -0.39 is 17.6 Å². The van der Waals surface area contributed by atoms with Crippen LogP contribution in [0.1, 0.15) is 38.2 Å². The van der Waals surface area contributed by atoms with Crippen molar-refractivity contribution in [2.45, 2.75) is 38.8 Å². The Kier molecular flexibility index (Phi) is 8.06. The predicted molar refractivity (Wildman–Crippen MR) is 108 cm³/mol. The molecule has 0 bridgehead atoms. The third-order valence-electron chi connectivity index (χ3n) is 4.08. The Bertz CT molecular complexity index is 838. The fraction of sp³-hybridized carbons (Fsp3) is 0.333. The van der Waals surface area contributed by atoms with Gasteiger partial charge in [0.05, 0.1) is 12.1 Å². The standard InChI is InChI=1S/C21H24F3N3O2/c1-2-3-4-11-19(28)26-18-10-6-8-16(13-18)25-14-20(29)27-17-9-5-7-15(12-17)21(22,23)24/h5-10,12-13,25H,2-4,11,14H2,1H3,(H,26,28)(H,27,29). The molecule has 0 fully saturated rings. The summed E-state index contributed by atoms with van der Waals surface area (Å²) in [5.74, 6) is -0.559. The van der Waals surface area contributed by atoms with Crippen molar-refractivity contribution in [3.05, 3.63) is 54.1 Å². The van der Waals surface area contributed by atoms with E-state index in [4.69, 9.17) is 0 Å². The van der Waals surface area contributed by atoms with Crippen LogP contribution in [0.3, 0.4) is 0 Å². The Hall–Kier alpha value is -3.03. The van der Waals surface area contributed by atoms with Crippen LogP contribution >= 0.6 is 0 Å². The van der Waals surface area contributed by atoms with Gasteiger partial charge in [-0.15, -0.1) is 0 Å². The summed E-state index contributed by atoms with van der Waals surface area (Å²) >= 11 is 0. The van der Waals surface area contributed by atoms with Crippen LogP contribution in [0.25, 0.3) is 0 Å². The van der Waals surface area contributed by atoms with Gasteiger partial charge < -0.3 is 16.0 Å². The molecule has 5 nitrogen and oxygen atoms in total. The minimum Gasteiger partial charge on any atom is -0.376 e. The Morgan fingerprint density at radius 3 is 2.17 bits per heavy atom. The summed E-state index contributed by atoms with van der Waals surface area (Å²) < 4.78 is 38.2. The summed E-state index contributed by atoms with van der Waals surface area (Å²) in [6.07, 6.45) is -1.16. The van der Waals surface area contributed by atoms with Crippen LogP contribution in [0.4, 0.5) is 30.2 Å². The molecule has 156 valence electrons.